The Morgan fingerprint density at radius 1 is 2.00 bits per heavy atom. The fraction of sp³-hybridized carbons (Fsp3) is 0.333. The van der Waals surface area contributed by atoms with Crippen LogP contribution in [0.15, 0.2) is 0 Å². The summed E-state index contributed by atoms with van der Waals surface area (Å²) in [4.78, 5) is 0. The van der Waals surface area contributed by atoms with E-state index in [2.05, 4.69) is 12.2 Å². The summed E-state index contributed by atoms with van der Waals surface area (Å²) in [6, 6.07) is 0. The van der Waals surface area contributed by atoms with Crippen LogP contribution in [0.4, 0.5) is 0 Å². The van der Waals surface area contributed by atoms with E-state index in [9.17, 15) is 0 Å². The molecule has 0 aliphatic heterocycles. The minimum absolute atomic E-state index is 1.62. The predicted octanol–water partition coefficient (Wildman–Crippen LogP) is 0.202. The second-order valence-corrected chi connectivity index (χ2v) is 0.493. The van der Waals surface area contributed by atoms with E-state index >= 15 is 0 Å². The molecule has 0 amide bonds. The van der Waals surface area contributed by atoms with Crippen molar-refractivity contribution < 1.29 is 0 Å². The van der Waals surface area contributed by atoms with Crippen LogP contribution in [-0.4, -0.2) is 7.05 Å². The van der Waals surface area contributed by atoms with E-state index in [0.717, 1.165) is 0 Å². The van der Waals surface area contributed by atoms with Crippen molar-refractivity contribution in [1.82, 2.24) is 5.32 Å². The highest BCUT2D eigenvalue weighted by Gasteiger charge is 1.52. The van der Waals surface area contributed by atoms with Crippen LogP contribution >= 0.6 is 0 Å². The Labute approximate surface area is 27.0 Å². The van der Waals surface area contributed by atoms with Gasteiger partial charge in [-0.2, -0.15) is 0 Å². The van der Waals surface area contributed by atoms with Crippen LogP contribution in [0.2, 0.25) is 0 Å². The molecule has 0 saturated carbocycles. The molecule has 0 heterocycles. The third kappa shape index (κ3) is 1.96. The molecule has 0 aromatic rings. The Morgan fingerprint density at radius 2 is 2.25 bits per heavy atom. The minimum Gasteiger partial charge on any atom is -0.315 e. The van der Waals surface area contributed by atoms with Gasteiger partial charge in [-0.15, -0.1) is 0 Å². The van der Waals surface area contributed by atoms with Crippen molar-refractivity contribution in [3.05, 3.63) is 13.5 Å². The first-order valence-electron chi connectivity index (χ1n) is 1.20. The van der Waals surface area contributed by atoms with E-state index < -0.39 is 0 Å². The molecule has 0 bridgehead atoms. The molecule has 1 N–H and O–H groups in total. The van der Waals surface area contributed by atoms with Crippen molar-refractivity contribution in [3.8, 4) is 0 Å². The van der Waals surface area contributed by atoms with Gasteiger partial charge in [0.05, 0.1) is 0 Å². The fourth-order valence-electron chi connectivity index (χ4n) is 0. The van der Waals surface area contributed by atoms with Crippen LogP contribution in [-0.2, 0) is 0 Å². The minimum atomic E-state index is 1.62. The first kappa shape index (κ1) is 3.96. The fourth-order valence-corrected chi connectivity index (χ4v) is 0. The second kappa shape index (κ2) is 2.96. The lowest BCUT2D eigenvalue weighted by Gasteiger charge is -1.74. The summed E-state index contributed by atoms with van der Waals surface area (Å²) in [5, 5.41) is 2.69. The molecule has 4 heavy (non-hydrogen) atoms. The van der Waals surface area contributed by atoms with E-state index in [1.165, 1.54) is 0 Å². The molecule has 24 valence electrons. The molecular formula is C3H7N. The molecule has 0 atom stereocenters. The standard InChI is InChI=1S/C3H7N/c1-3-4-2/h3-4H,1H2,2H3. The van der Waals surface area contributed by atoms with Gasteiger partial charge in [-0.05, 0) is 14.0 Å². The third-order valence-corrected chi connectivity index (χ3v) is 0.204. The summed E-state index contributed by atoms with van der Waals surface area (Å²) in [6.45, 7) is 4.99. The van der Waals surface area contributed by atoms with Gasteiger partial charge >= 0.3 is 0 Å². The highest BCUT2D eigenvalue weighted by molar-refractivity contribution is 4.55. The van der Waals surface area contributed by atoms with Crippen LogP contribution < -0.4 is 5.32 Å². The maximum atomic E-state index is 3.37. The maximum absolute atomic E-state index is 3.37. The molecule has 0 saturated heterocycles. The lowest BCUT2D eigenvalue weighted by Crippen LogP contribution is -1.94. The molecule has 0 aliphatic rings. The van der Waals surface area contributed by atoms with Gasteiger partial charge in [-0.1, -0.05) is 0 Å². The average molecular weight is 57.1 g/mol. The molecule has 1 heteroatoms. The Morgan fingerprint density at radius 3 is 2.25 bits per heavy atom. The van der Waals surface area contributed by atoms with Crippen LogP contribution in [0.5, 0.6) is 0 Å². The summed E-state index contributed by atoms with van der Waals surface area (Å²) in [5.41, 5.74) is 0. The predicted molar refractivity (Wildman–Crippen MR) is 18.7 cm³/mol. The molecule has 0 fully saturated rings. The number of nitrogens with one attached hydrogen (secondary N) is 1. The first-order chi connectivity index (χ1) is 1.91. The largest absolute Gasteiger partial charge is 0.315 e. The molecule has 0 aliphatic carbocycles. The van der Waals surface area contributed by atoms with Crippen LogP contribution in [0, 0.1) is 13.5 Å². The van der Waals surface area contributed by atoms with Crippen molar-refractivity contribution >= 4 is 0 Å². The Kier molecular flexibility index (Phi) is 2.93. The van der Waals surface area contributed by atoms with Gasteiger partial charge in [0.25, 0.3) is 0 Å². The smallest absolute Gasteiger partial charge is 0.0218 e. The molecule has 0 aromatic carbocycles. The molecule has 0 aromatic heterocycles. The van der Waals surface area contributed by atoms with Crippen LogP contribution in [0.3, 0.4) is 0 Å². The van der Waals surface area contributed by atoms with Gasteiger partial charge in [-0.25, -0.2) is 0 Å². The number of hydrogen-bond acceptors (Lipinski definition) is 1. The zero-order valence-corrected chi connectivity index (χ0v) is 2.78. The topological polar surface area (TPSA) is 12.0 Å². The van der Waals surface area contributed by atoms with Gasteiger partial charge in [-0.3, -0.25) is 0 Å². The zero-order chi connectivity index (χ0) is 3.41. The Balaban J connectivity index is 1.97. The lowest BCUT2D eigenvalue weighted by atomic mass is 10.8. The van der Waals surface area contributed by atoms with E-state index in [0.29, 0.717) is 0 Å². The molecular weight excluding hydrogens is 50.0 g/mol. The van der Waals surface area contributed by atoms with E-state index in [1.807, 2.05) is 7.05 Å². The summed E-state index contributed by atoms with van der Waals surface area (Å²) in [5.74, 6) is 0. The lowest BCUT2D eigenvalue weighted by molar-refractivity contribution is 1.03. The van der Waals surface area contributed by atoms with Gasteiger partial charge in [0, 0.05) is 6.54 Å². The van der Waals surface area contributed by atoms with Gasteiger partial charge in [0.15, 0.2) is 0 Å². The van der Waals surface area contributed by atoms with Crippen molar-refractivity contribution in [2.45, 2.75) is 0 Å². The van der Waals surface area contributed by atoms with Gasteiger partial charge in [0.2, 0.25) is 0 Å². The molecule has 0 spiro atoms. The van der Waals surface area contributed by atoms with Crippen molar-refractivity contribution in [1.29, 1.82) is 0 Å². The van der Waals surface area contributed by atoms with Gasteiger partial charge < -0.3 is 5.32 Å². The SMILES string of the molecule is [CH2][CH]NC. The third-order valence-electron chi connectivity index (χ3n) is 0.204. The quantitative estimate of drug-likeness (QED) is 0.453. The normalized spacial score (nSPS) is 7.50. The summed E-state index contributed by atoms with van der Waals surface area (Å²) >= 11 is 0. The van der Waals surface area contributed by atoms with Crippen molar-refractivity contribution in [3.63, 3.8) is 0 Å². The maximum Gasteiger partial charge on any atom is 0.0218 e. The van der Waals surface area contributed by atoms with Crippen molar-refractivity contribution in [2.75, 3.05) is 7.05 Å². The molecule has 0 rings (SSSR count). The Hall–Kier alpha value is -0.0400. The van der Waals surface area contributed by atoms with Crippen LogP contribution in [0.1, 0.15) is 0 Å². The average Bonchev–Trinajstić information content (AvgIpc) is 1.37. The van der Waals surface area contributed by atoms with E-state index in [4.69, 9.17) is 0 Å². The van der Waals surface area contributed by atoms with E-state index in [-0.39, 0.29) is 0 Å². The Bertz CT molecular complexity index is 5.25. The van der Waals surface area contributed by atoms with Crippen molar-refractivity contribution in [2.24, 2.45) is 0 Å². The summed E-state index contributed by atoms with van der Waals surface area (Å²) < 4.78 is 0. The van der Waals surface area contributed by atoms with Crippen LogP contribution in [0.25, 0.3) is 0 Å². The zero-order valence-electron chi connectivity index (χ0n) is 2.78. The first-order valence-corrected chi connectivity index (χ1v) is 1.20. The highest BCUT2D eigenvalue weighted by atomic mass is 14.8. The van der Waals surface area contributed by atoms with Gasteiger partial charge in [0.1, 0.15) is 0 Å². The highest BCUT2D eigenvalue weighted by Crippen LogP contribution is 1.45. The second-order valence-electron chi connectivity index (χ2n) is 0.493. The monoisotopic (exact) mass is 57.1 g/mol. The molecule has 2 radical (unpaired) electrons. The summed E-state index contributed by atoms with van der Waals surface area (Å²) in [6.07, 6.45) is 0. The van der Waals surface area contributed by atoms with E-state index in [1.54, 1.807) is 6.54 Å². The summed E-state index contributed by atoms with van der Waals surface area (Å²) in [7, 11) is 1.81. The molecule has 0 unspecified atom stereocenters. The molecule has 1 nitrogen and oxygen atoms in total. The number of hydrogen-bond donors (Lipinski definition) is 1. The number of rotatable bonds is 1.